The van der Waals surface area contributed by atoms with E-state index in [2.05, 4.69) is 5.32 Å². The molecule has 0 bridgehead atoms. The number of nitrogens with one attached hydrogen (secondary N) is 1. The van der Waals surface area contributed by atoms with Gasteiger partial charge in [-0.3, -0.25) is 0 Å². The predicted molar refractivity (Wildman–Crippen MR) is 79.1 cm³/mol. The Morgan fingerprint density at radius 2 is 2.10 bits per heavy atom. The molecular formula is C14H12ClFN2O3. The lowest BCUT2D eigenvalue weighted by atomic mass is 10.1. The number of carbonyl (C=O) groups is 1. The Morgan fingerprint density at radius 1 is 1.38 bits per heavy atom. The number of anilines is 3. The molecule has 0 aromatic heterocycles. The van der Waals surface area contributed by atoms with Crippen molar-refractivity contribution in [2.24, 2.45) is 0 Å². The summed E-state index contributed by atoms with van der Waals surface area (Å²) in [5.41, 5.74) is 5.63. The summed E-state index contributed by atoms with van der Waals surface area (Å²) in [6.07, 6.45) is 0. The van der Waals surface area contributed by atoms with Gasteiger partial charge in [-0.25, -0.2) is 9.18 Å². The first-order valence-corrected chi connectivity index (χ1v) is 6.23. The van der Waals surface area contributed by atoms with Crippen molar-refractivity contribution in [3.63, 3.8) is 0 Å². The van der Waals surface area contributed by atoms with Crippen LogP contribution in [0.1, 0.15) is 10.4 Å². The Labute approximate surface area is 125 Å². The van der Waals surface area contributed by atoms with Gasteiger partial charge < -0.3 is 20.9 Å². The van der Waals surface area contributed by atoms with Crippen molar-refractivity contribution in [2.75, 3.05) is 18.2 Å². The van der Waals surface area contributed by atoms with E-state index in [-0.39, 0.29) is 16.9 Å². The van der Waals surface area contributed by atoms with Gasteiger partial charge in [0, 0.05) is 17.4 Å². The van der Waals surface area contributed by atoms with Crippen molar-refractivity contribution < 1.29 is 19.0 Å². The van der Waals surface area contributed by atoms with Crippen LogP contribution in [0.3, 0.4) is 0 Å². The molecule has 4 N–H and O–H groups in total. The second-order valence-corrected chi connectivity index (χ2v) is 4.61. The maximum absolute atomic E-state index is 13.8. The number of nitrogens with two attached hydrogens (primary N) is 1. The molecule has 0 radical (unpaired) electrons. The van der Waals surface area contributed by atoms with Gasteiger partial charge in [0.1, 0.15) is 11.6 Å². The monoisotopic (exact) mass is 310 g/mol. The number of ether oxygens (including phenoxy) is 1. The number of carboxylic acids is 1. The van der Waals surface area contributed by atoms with Crippen molar-refractivity contribution in [3.8, 4) is 5.75 Å². The molecule has 0 amide bonds. The van der Waals surface area contributed by atoms with E-state index in [9.17, 15) is 9.18 Å². The van der Waals surface area contributed by atoms with Crippen molar-refractivity contribution in [3.05, 3.63) is 46.7 Å². The van der Waals surface area contributed by atoms with Crippen molar-refractivity contribution in [1.29, 1.82) is 0 Å². The van der Waals surface area contributed by atoms with Crippen LogP contribution in [0.4, 0.5) is 21.5 Å². The number of hydrogen-bond donors (Lipinski definition) is 3. The lowest BCUT2D eigenvalue weighted by molar-refractivity contribution is 0.0698. The molecule has 2 aromatic rings. The third-order valence-electron chi connectivity index (χ3n) is 2.80. The molecule has 0 atom stereocenters. The van der Waals surface area contributed by atoms with Crippen molar-refractivity contribution in [2.45, 2.75) is 0 Å². The molecule has 0 fully saturated rings. The highest BCUT2D eigenvalue weighted by Crippen LogP contribution is 2.31. The predicted octanol–water partition coefficient (Wildman–Crippen LogP) is 3.51. The van der Waals surface area contributed by atoms with Gasteiger partial charge in [0.25, 0.3) is 0 Å². The van der Waals surface area contributed by atoms with Crippen LogP contribution in [0.15, 0.2) is 30.3 Å². The van der Waals surface area contributed by atoms with E-state index in [1.807, 2.05) is 0 Å². The zero-order chi connectivity index (χ0) is 15.6. The zero-order valence-corrected chi connectivity index (χ0v) is 11.7. The number of aromatic carboxylic acids is 1. The Bertz CT molecular complexity index is 707. The molecule has 5 nitrogen and oxygen atoms in total. The van der Waals surface area contributed by atoms with Crippen molar-refractivity contribution in [1.82, 2.24) is 0 Å². The van der Waals surface area contributed by atoms with Crippen LogP contribution in [-0.4, -0.2) is 18.2 Å². The summed E-state index contributed by atoms with van der Waals surface area (Å²) >= 11 is 5.90. The van der Waals surface area contributed by atoms with Crippen LogP contribution in [0.2, 0.25) is 5.02 Å². The van der Waals surface area contributed by atoms with E-state index in [4.69, 9.17) is 27.2 Å². The third-order valence-corrected chi connectivity index (χ3v) is 3.11. The number of halogens is 2. The average Bonchev–Trinajstić information content (AvgIpc) is 2.43. The summed E-state index contributed by atoms with van der Waals surface area (Å²) in [7, 11) is 1.46. The normalized spacial score (nSPS) is 10.2. The molecule has 0 heterocycles. The topological polar surface area (TPSA) is 84.6 Å². The number of benzene rings is 2. The first kappa shape index (κ1) is 14.9. The molecule has 2 rings (SSSR count). The van der Waals surface area contributed by atoms with E-state index < -0.39 is 11.8 Å². The Hall–Kier alpha value is -2.47. The summed E-state index contributed by atoms with van der Waals surface area (Å²) < 4.78 is 18.9. The van der Waals surface area contributed by atoms with E-state index >= 15 is 0 Å². The summed E-state index contributed by atoms with van der Waals surface area (Å²) in [5, 5.41) is 12.2. The molecule has 110 valence electrons. The quantitative estimate of drug-likeness (QED) is 0.752. The molecule has 0 saturated heterocycles. The van der Waals surface area contributed by atoms with E-state index in [0.29, 0.717) is 16.5 Å². The number of methoxy groups -OCH3 is 1. The van der Waals surface area contributed by atoms with E-state index in [1.165, 1.54) is 7.11 Å². The fraction of sp³-hybridized carbons (Fsp3) is 0.0714. The van der Waals surface area contributed by atoms with Crippen molar-refractivity contribution >= 4 is 34.6 Å². The Balaban J connectivity index is 2.39. The zero-order valence-electron chi connectivity index (χ0n) is 11.0. The highest BCUT2D eigenvalue weighted by molar-refractivity contribution is 6.32. The van der Waals surface area contributed by atoms with Gasteiger partial charge in [0.15, 0.2) is 0 Å². The molecule has 0 unspecified atom stereocenters. The lowest BCUT2D eigenvalue weighted by Gasteiger charge is -2.12. The second-order valence-electron chi connectivity index (χ2n) is 4.20. The minimum absolute atomic E-state index is 0.00836. The molecule has 0 aliphatic heterocycles. The fourth-order valence-electron chi connectivity index (χ4n) is 1.76. The summed E-state index contributed by atoms with van der Waals surface area (Å²) in [4.78, 5) is 11.0. The molecule has 0 spiro atoms. The van der Waals surface area contributed by atoms with Gasteiger partial charge in [-0.1, -0.05) is 11.6 Å². The maximum Gasteiger partial charge on any atom is 0.337 e. The maximum atomic E-state index is 13.8. The second kappa shape index (κ2) is 5.88. The van der Waals surface area contributed by atoms with Gasteiger partial charge in [0.2, 0.25) is 0 Å². The first-order chi connectivity index (χ1) is 9.92. The fourth-order valence-corrected chi connectivity index (χ4v) is 1.96. The van der Waals surface area contributed by atoms with Crippen LogP contribution in [0, 0.1) is 5.82 Å². The average molecular weight is 311 g/mol. The summed E-state index contributed by atoms with van der Waals surface area (Å²) in [6.45, 7) is 0. The first-order valence-electron chi connectivity index (χ1n) is 5.85. The SMILES string of the molecule is COc1cc(Nc2cc(C(=O)O)c(N)cc2F)ccc1Cl. The van der Waals surface area contributed by atoms with Gasteiger partial charge in [-0.05, 0) is 24.3 Å². The molecule has 0 saturated carbocycles. The number of rotatable bonds is 4. The summed E-state index contributed by atoms with van der Waals surface area (Å²) in [6, 6.07) is 6.85. The molecule has 2 aromatic carbocycles. The Morgan fingerprint density at radius 3 is 2.71 bits per heavy atom. The minimum atomic E-state index is -1.23. The smallest absolute Gasteiger partial charge is 0.337 e. The number of carboxylic acid groups (broad SMARTS) is 1. The van der Waals surface area contributed by atoms with Crippen LogP contribution >= 0.6 is 11.6 Å². The van der Waals surface area contributed by atoms with Crippen LogP contribution in [0.5, 0.6) is 5.75 Å². The Kier molecular flexibility index (Phi) is 4.18. The number of nitrogen functional groups attached to an aromatic ring is 1. The molecular weight excluding hydrogens is 299 g/mol. The van der Waals surface area contributed by atoms with Gasteiger partial charge in [-0.15, -0.1) is 0 Å². The van der Waals surface area contributed by atoms with E-state index in [1.54, 1.807) is 18.2 Å². The molecule has 7 heteroatoms. The number of hydrogen-bond acceptors (Lipinski definition) is 4. The van der Waals surface area contributed by atoms with Crippen LogP contribution in [0.25, 0.3) is 0 Å². The van der Waals surface area contributed by atoms with E-state index in [0.717, 1.165) is 12.1 Å². The molecule has 0 aliphatic carbocycles. The molecule has 21 heavy (non-hydrogen) atoms. The highest BCUT2D eigenvalue weighted by Gasteiger charge is 2.14. The van der Waals surface area contributed by atoms with Gasteiger partial charge in [0.05, 0.1) is 23.4 Å². The van der Waals surface area contributed by atoms with Gasteiger partial charge >= 0.3 is 5.97 Å². The highest BCUT2D eigenvalue weighted by atomic mass is 35.5. The van der Waals surface area contributed by atoms with Crippen LogP contribution < -0.4 is 15.8 Å². The standard InChI is InChI=1S/C14H12ClFN2O3/c1-21-13-4-7(2-3-9(13)15)18-12-5-8(14(19)20)11(17)6-10(12)16/h2-6,18H,17H2,1H3,(H,19,20). The summed E-state index contributed by atoms with van der Waals surface area (Å²) in [5.74, 6) is -1.48. The third kappa shape index (κ3) is 3.17. The largest absolute Gasteiger partial charge is 0.495 e. The van der Waals surface area contributed by atoms with Gasteiger partial charge in [-0.2, -0.15) is 0 Å². The minimum Gasteiger partial charge on any atom is -0.495 e. The lowest BCUT2D eigenvalue weighted by Crippen LogP contribution is -2.05. The van der Waals surface area contributed by atoms with Crippen LogP contribution in [-0.2, 0) is 0 Å². The molecule has 0 aliphatic rings.